The average Bonchev–Trinajstić information content (AvgIpc) is 2.89. The molecule has 1 aliphatic heterocycles. The molecule has 0 saturated carbocycles. The fourth-order valence-electron chi connectivity index (χ4n) is 3.47. The van der Waals surface area contributed by atoms with Crippen LogP contribution in [0.15, 0.2) is 60.7 Å². The minimum absolute atomic E-state index is 0.222. The fraction of sp³-hybridized carbons (Fsp3) is 0.0952. The number of halogens is 4. The first-order valence-electron chi connectivity index (χ1n) is 8.47. The molecular formula is C21H14Cl4N2O. The monoisotopic (exact) mass is 450 g/mol. The first-order chi connectivity index (χ1) is 13.4. The maximum atomic E-state index is 13.2. The number of carbonyl (C=O) groups excluding carboxylic acids is 1. The zero-order chi connectivity index (χ0) is 19.9. The van der Waals surface area contributed by atoms with E-state index in [2.05, 4.69) is 10.6 Å². The van der Waals surface area contributed by atoms with Crippen LogP contribution >= 0.6 is 46.4 Å². The van der Waals surface area contributed by atoms with Crippen molar-refractivity contribution in [2.24, 2.45) is 0 Å². The van der Waals surface area contributed by atoms with E-state index in [1.165, 1.54) is 0 Å². The summed E-state index contributed by atoms with van der Waals surface area (Å²) in [5.41, 5.74) is 1.67. The molecule has 0 aliphatic carbocycles. The first-order valence-corrected chi connectivity index (χ1v) is 9.98. The van der Waals surface area contributed by atoms with Gasteiger partial charge in [-0.15, -0.1) is 0 Å². The van der Waals surface area contributed by atoms with Crippen LogP contribution < -0.4 is 10.6 Å². The van der Waals surface area contributed by atoms with E-state index in [9.17, 15) is 4.79 Å². The number of amides is 1. The molecule has 0 spiro atoms. The van der Waals surface area contributed by atoms with Crippen LogP contribution in [0.3, 0.4) is 0 Å². The third-order valence-electron chi connectivity index (χ3n) is 4.74. The van der Waals surface area contributed by atoms with Gasteiger partial charge >= 0.3 is 0 Å². The van der Waals surface area contributed by atoms with Crippen molar-refractivity contribution in [2.75, 3.05) is 10.6 Å². The Morgan fingerprint density at radius 3 is 2.25 bits per heavy atom. The number of hydrogen-bond donors (Lipinski definition) is 2. The molecule has 0 radical (unpaired) electrons. The molecular weight excluding hydrogens is 438 g/mol. The van der Waals surface area contributed by atoms with Gasteiger partial charge in [0, 0.05) is 27.7 Å². The average molecular weight is 452 g/mol. The SMILES string of the molecule is O=C1Nc2cc(Cl)ccc2C1(Cc1cccc(Cl)c1)Nc1c(Cl)cccc1Cl. The molecule has 142 valence electrons. The summed E-state index contributed by atoms with van der Waals surface area (Å²) >= 11 is 25.0. The standard InChI is InChI=1S/C21H14Cl4N2O/c22-13-4-1-3-12(9-13)11-21(27-19-16(24)5-2-6-17(19)25)15-8-7-14(23)10-18(15)26-20(21)28/h1-10,27H,11H2,(H,26,28). The number of para-hydroxylation sites is 1. The van der Waals surface area contributed by atoms with Gasteiger partial charge in [0.05, 0.1) is 15.7 Å². The molecule has 0 bridgehead atoms. The molecule has 4 rings (SSSR count). The molecule has 0 saturated heterocycles. The third kappa shape index (κ3) is 3.44. The number of anilines is 2. The van der Waals surface area contributed by atoms with E-state index >= 15 is 0 Å². The molecule has 1 unspecified atom stereocenters. The Bertz CT molecular complexity index is 1070. The van der Waals surface area contributed by atoms with Crippen molar-refractivity contribution in [3.8, 4) is 0 Å². The van der Waals surface area contributed by atoms with Crippen LogP contribution in [0.4, 0.5) is 11.4 Å². The van der Waals surface area contributed by atoms with Crippen LogP contribution in [0.5, 0.6) is 0 Å². The molecule has 3 nitrogen and oxygen atoms in total. The predicted octanol–water partition coefficient (Wildman–Crippen LogP) is 6.80. The zero-order valence-electron chi connectivity index (χ0n) is 14.4. The van der Waals surface area contributed by atoms with Gasteiger partial charge < -0.3 is 10.6 Å². The second-order valence-corrected chi connectivity index (χ2v) is 8.26. The Labute approximate surface area is 182 Å². The molecule has 0 fully saturated rings. The van der Waals surface area contributed by atoms with E-state index in [0.29, 0.717) is 37.9 Å². The highest BCUT2D eigenvalue weighted by Gasteiger charge is 2.47. The Kier molecular flexibility index (Phi) is 5.19. The van der Waals surface area contributed by atoms with Gasteiger partial charge in [-0.25, -0.2) is 0 Å². The van der Waals surface area contributed by atoms with Gasteiger partial charge in [-0.3, -0.25) is 4.79 Å². The topological polar surface area (TPSA) is 41.1 Å². The Morgan fingerprint density at radius 2 is 1.54 bits per heavy atom. The summed E-state index contributed by atoms with van der Waals surface area (Å²) in [6.45, 7) is 0. The minimum Gasteiger partial charge on any atom is -0.365 e. The summed E-state index contributed by atoms with van der Waals surface area (Å²) < 4.78 is 0. The lowest BCUT2D eigenvalue weighted by molar-refractivity contribution is -0.119. The lowest BCUT2D eigenvalue weighted by atomic mass is 9.84. The van der Waals surface area contributed by atoms with Crippen LogP contribution in [0, 0.1) is 0 Å². The zero-order valence-corrected chi connectivity index (χ0v) is 17.4. The van der Waals surface area contributed by atoms with E-state index in [0.717, 1.165) is 11.1 Å². The highest BCUT2D eigenvalue weighted by molar-refractivity contribution is 6.39. The number of rotatable bonds is 4. The van der Waals surface area contributed by atoms with Crippen molar-refractivity contribution in [1.29, 1.82) is 0 Å². The second-order valence-electron chi connectivity index (χ2n) is 6.58. The van der Waals surface area contributed by atoms with Crippen LogP contribution in [-0.2, 0) is 16.8 Å². The molecule has 2 N–H and O–H groups in total. The van der Waals surface area contributed by atoms with Crippen molar-refractivity contribution in [3.05, 3.63) is 91.9 Å². The second kappa shape index (κ2) is 7.49. The fourth-order valence-corrected chi connectivity index (χ4v) is 4.35. The van der Waals surface area contributed by atoms with Crippen LogP contribution in [0.1, 0.15) is 11.1 Å². The van der Waals surface area contributed by atoms with Crippen LogP contribution in [-0.4, -0.2) is 5.91 Å². The maximum absolute atomic E-state index is 13.2. The molecule has 28 heavy (non-hydrogen) atoms. The van der Waals surface area contributed by atoms with Gasteiger partial charge in [0.1, 0.15) is 5.54 Å². The number of carbonyl (C=O) groups is 1. The molecule has 0 aromatic heterocycles. The maximum Gasteiger partial charge on any atom is 0.255 e. The minimum atomic E-state index is -1.13. The van der Waals surface area contributed by atoms with E-state index in [1.807, 2.05) is 24.3 Å². The van der Waals surface area contributed by atoms with Gasteiger partial charge in [0.15, 0.2) is 0 Å². The van der Waals surface area contributed by atoms with E-state index in [4.69, 9.17) is 46.4 Å². The Hall–Kier alpha value is -1.91. The normalized spacial score (nSPS) is 17.9. The van der Waals surface area contributed by atoms with Gasteiger partial charge in [0.25, 0.3) is 5.91 Å². The Balaban J connectivity index is 1.88. The molecule has 3 aromatic rings. The molecule has 1 amide bonds. The van der Waals surface area contributed by atoms with E-state index in [1.54, 1.807) is 36.4 Å². The molecule has 7 heteroatoms. The Morgan fingerprint density at radius 1 is 0.857 bits per heavy atom. The summed E-state index contributed by atoms with van der Waals surface area (Å²) in [6.07, 6.45) is 0.343. The molecule has 3 aromatic carbocycles. The summed E-state index contributed by atoms with van der Waals surface area (Å²) in [4.78, 5) is 13.2. The van der Waals surface area contributed by atoms with Crippen molar-refractivity contribution >= 4 is 63.7 Å². The molecule has 1 aliphatic rings. The summed E-state index contributed by atoms with van der Waals surface area (Å²) in [5.74, 6) is -0.222. The molecule has 1 heterocycles. The number of nitrogens with one attached hydrogen (secondary N) is 2. The van der Waals surface area contributed by atoms with Crippen LogP contribution in [0.25, 0.3) is 0 Å². The molecule has 1 atom stereocenters. The highest BCUT2D eigenvalue weighted by atomic mass is 35.5. The van der Waals surface area contributed by atoms with Gasteiger partial charge in [-0.05, 0) is 42.0 Å². The van der Waals surface area contributed by atoms with E-state index in [-0.39, 0.29) is 5.91 Å². The predicted molar refractivity (Wildman–Crippen MR) is 117 cm³/mol. The van der Waals surface area contributed by atoms with Gasteiger partial charge in [0.2, 0.25) is 0 Å². The van der Waals surface area contributed by atoms with Crippen molar-refractivity contribution in [3.63, 3.8) is 0 Å². The summed E-state index contributed by atoms with van der Waals surface area (Å²) in [7, 11) is 0. The van der Waals surface area contributed by atoms with Crippen LogP contribution in [0.2, 0.25) is 20.1 Å². The van der Waals surface area contributed by atoms with E-state index < -0.39 is 5.54 Å². The first kappa shape index (κ1) is 19.4. The lowest BCUT2D eigenvalue weighted by Crippen LogP contribution is -2.44. The quantitative estimate of drug-likeness (QED) is 0.457. The number of hydrogen-bond acceptors (Lipinski definition) is 2. The van der Waals surface area contributed by atoms with Gasteiger partial charge in [-0.2, -0.15) is 0 Å². The van der Waals surface area contributed by atoms with Crippen molar-refractivity contribution < 1.29 is 4.79 Å². The third-order valence-corrected chi connectivity index (χ3v) is 5.84. The van der Waals surface area contributed by atoms with Crippen molar-refractivity contribution in [2.45, 2.75) is 12.0 Å². The summed E-state index contributed by atoms with van der Waals surface area (Å²) in [5, 5.41) is 8.22. The van der Waals surface area contributed by atoms with Crippen molar-refractivity contribution in [1.82, 2.24) is 0 Å². The van der Waals surface area contributed by atoms with Gasteiger partial charge in [-0.1, -0.05) is 70.7 Å². The smallest absolute Gasteiger partial charge is 0.255 e. The highest BCUT2D eigenvalue weighted by Crippen LogP contribution is 2.44. The summed E-state index contributed by atoms with van der Waals surface area (Å²) in [6, 6.07) is 17.9. The lowest BCUT2D eigenvalue weighted by Gasteiger charge is -2.31. The largest absolute Gasteiger partial charge is 0.365 e. The number of fused-ring (bicyclic) bond motifs is 1. The number of benzene rings is 3.